The molecule has 2 aromatic rings. The Hall–Kier alpha value is -1.64. The molecule has 0 bridgehead atoms. The van der Waals surface area contributed by atoms with Gasteiger partial charge in [0.15, 0.2) is 11.6 Å². The van der Waals surface area contributed by atoms with E-state index in [1.807, 2.05) is 18.2 Å². The van der Waals surface area contributed by atoms with Crippen LogP contribution in [0.2, 0.25) is 0 Å². The molecule has 0 spiro atoms. The number of Topliss-reactive ketones (excluding diaryl/α,β-unsaturated/α-hetero) is 1. The highest BCUT2D eigenvalue weighted by atomic mass is 16.1. The number of nitrogens with zero attached hydrogens (tertiary/aromatic N) is 2. The average Bonchev–Trinajstić information content (AvgIpc) is 2.97. The maximum absolute atomic E-state index is 12.8. The number of imidazole rings is 1. The Bertz CT molecular complexity index is 679. The summed E-state index contributed by atoms with van der Waals surface area (Å²) in [6, 6.07) is 8.04. The van der Waals surface area contributed by atoms with Crippen LogP contribution in [0, 0.1) is 0 Å². The van der Waals surface area contributed by atoms with Crippen molar-refractivity contribution >= 4 is 16.8 Å². The first-order valence-electron chi connectivity index (χ1n) is 9.96. The summed E-state index contributed by atoms with van der Waals surface area (Å²) in [4.78, 5) is 17.4. The predicted molar refractivity (Wildman–Crippen MR) is 106 cm³/mol. The number of aromatic nitrogens is 2. The van der Waals surface area contributed by atoms with E-state index >= 15 is 0 Å². The van der Waals surface area contributed by atoms with Crippen molar-refractivity contribution in [3.05, 3.63) is 30.1 Å². The van der Waals surface area contributed by atoms with E-state index < -0.39 is 0 Å². The third kappa shape index (κ3) is 5.42. The molecule has 0 aliphatic heterocycles. The van der Waals surface area contributed by atoms with Gasteiger partial charge in [0.25, 0.3) is 0 Å². The summed E-state index contributed by atoms with van der Waals surface area (Å²) in [7, 11) is 0. The Morgan fingerprint density at radius 2 is 1.56 bits per heavy atom. The summed E-state index contributed by atoms with van der Waals surface area (Å²) in [6.45, 7) is 8.65. The molecule has 2 rings (SSSR count). The Labute approximate surface area is 152 Å². The van der Waals surface area contributed by atoms with Gasteiger partial charge in [-0.05, 0) is 39.3 Å². The summed E-state index contributed by atoms with van der Waals surface area (Å²) < 4.78 is 2.11. The zero-order valence-electron chi connectivity index (χ0n) is 16.5. The van der Waals surface area contributed by atoms with Crippen LogP contribution in [0.15, 0.2) is 24.3 Å². The molecule has 0 fully saturated rings. The van der Waals surface area contributed by atoms with Crippen molar-refractivity contribution in [2.75, 3.05) is 0 Å². The molecule has 1 aromatic carbocycles. The van der Waals surface area contributed by atoms with Crippen LogP contribution in [0.1, 0.15) is 96.1 Å². The van der Waals surface area contributed by atoms with Gasteiger partial charge in [-0.3, -0.25) is 4.79 Å². The fourth-order valence-electron chi connectivity index (χ4n) is 3.42. The molecule has 138 valence electrons. The van der Waals surface area contributed by atoms with E-state index in [0.29, 0.717) is 12.2 Å². The predicted octanol–water partition coefficient (Wildman–Crippen LogP) is 6.50. The molecule has 1 aromatic heterocycles. The topological polar surface area (TPSA) is 34.9 Å². The average molecular weight is 343 g/mol. The molecule has 0 amide bonds. The van der Waals surface area contributed by atoms with Crippen molar-refractivity contribution in [1.29, 1.82) is 0 Å². The van der Waals surface area contributed by atoms with Crippen molar-refractivity contribution < 1.29 is 4.79 Å². The molecule has 3 heteroatoms. The first kappa shape index (κ1) is 19.7. The highest BCUT2D eigenvalue weighted by Crippen LogP contribution is 2.26. The molecule has 0 radical (unpaired) electrons. The lowest BCUT2D eigenvalue weighted by molar-refractivity contribution is 0.0959. The molecule has 0 aliphatic rings. The van der Waals surface area contributed by atoms with Crippen LogP contribution in [0.25, 0.3) is 11.0 Å². The first-order valence-corrected chi connectivity index (χ1v) is 9.96. The third-order valence-electron chi connectivity index (χ3n) is 4.74. The maximum Gasteiger partial charge on any atom is 0.198 e. The Kier molecular flexibility index (Phi) is 7.22. The number of unbranched alkanes of at least 4 members (excludes halogenated alkanes) is 7. The van der Waals surface area contributed by atoms with Gasteiger partial charge in [-0.2, -0.15) is 0 Å². The second-order valence-electron chi connectivity index (χ2n) is 8.08. The summed E-state index contributed by atoms with van der Waals surface area (Å²) in [5, 5.41) is 0. The molecule has 1 heterocycles. The largest absolute Gasteiger partial charge is 0.316 e. The van der Waals surface area contributed by atoms with Gasteiger partial charge in [-0.15, -0.1) is 0 Å². The quantitative estimate of drug-likeness (QED) is 0.364. The number of hydrogen-bond acceptors (Lipinski definition) is 2. The van der Waals surface area contributed by atoms with Gasteiger partial charge >= 0.3 is 0 Å². The molecule has 0 unspecified atom stereocenters. The highest BCUT2D eigenvalue weighted by Gasteiger charge is 2.24. The molecule has 0 aliphatic carbocycles. The van der Waals surface area contributed by atoms with Gasteiger partial charge in [-0.1, -0.05) is 64.0 Å². The van der Waals surface area contributed by atoms with Crippen molar-refractivity contribution in [1.82, 2.24) is 9.55 Å². The normalized spacial score (nSPS) is 12.0. The number of hydrogen-bond donors (Lipinski definition) is 0. The Morgan fingerprint density at radius 3 is 2.20 bits per heavy atom. The number of carbonyl (C=O) groups is 1. The van der Waals surface area contributed by atoms with Gasteiger partial charge in [-0.25, -0.2) is 4.98 Å². The second-order valence-corrected chi connectivity index (χ2v) is 8.08. The van der Waals surface area contributed by atoms with E-state index in [1.165, 1.54) is 38.5 Å². The van der Waals surface area contributed by atoms with E-state index in [0.717, 1.165) is 23.9 Å². The van der Waals surface area contributed by atoms with E-state index in [-0.39, 0.29) is 11.3 Å². The number of benzene rings is 1. The molecular weight excluding hydrogens is 308 g/mol. The Balaban J connectivity index is 1.93. The first-order chi connectivity index (χ1) is 11.9. The van der Waals surface area contributed by atoms with Crippen LogP contribution in [0.4, 0.5) is 0 Å². The minimum atomic E-state index is -0.152. The lowest BCUT2D eigenvalue weighted by Gasteiger charge is -2.24. The van der Waals surface area contributed by atoms with Crippen LogP contribution >= 0.6 is 0 Å². The third-order valence-corrected chi connectivity index (χ3v) is 4.74. The fraction of sp³-hybridized carbons (Fsp3) is 0.636. The van der Waals surface area contributed by atoms with E-state index in [9.17, 15) is 4.79 Å². The van der Waals surface area contributed by atoms with Crippen LogP contribution in [-0.2, 0) is 5.54 Å². The lowest BCUT2D eigenvalue weighted by Crippen LogP contribution is -2.26. The summed E-state index contributed by atoms with van der Waals surface area (Å²) >= 11 is 0. The molecular formula is C22H34N2O. The van der Waals surface area contributed by atoms with Gasteiger partial charge in [0.2, 0.25) is 0 Å². The minimum Gasteiger partial charge on any atom is -0.316 e. The molecule has 25 heavy (non-hydrogen) atoms. The van der Waals surface area contributed by atoms with E-state index in [4.69, 9.17) is 0 Å². The minimum absolute atomic E-state index is 0.152. The zero-order valence-corrected chi connectivity index (χ0v) is 16.5. The molecule has 3 nitrogen and oxygen atoms in total. The van der Waals surface area contributed by atoms with Crippen molar-refractivity contribution in [2.45, 2.75) is 91.0 Å². The van der Waals surface area contributed by atoms with Crippen molar-refractivity contribution in [3.63, 3.8) is 0 Å². The summed E-state index contributed by atoms with van der Waals surface area (Å²) in [5.74, 6) is 0.800. The fourth-order valence-corrected chi connectivity index (χ4v) is 3.42. The number of carbonyl (C=O) groups excluding carboxylic acids is 1. The number of fused-ring (bicyclic) bond motifs is 1. The SMILES string of the molecule is CCCCCCCCCCC(=O)c1nc2ccccc2n1C(C)(C)C. The molecule has 0 saturated heterocycles. The molecule has 0 saturated carbocycles. The summed E-state index contributed by atoms with van der Waals surface area (Å²) in [6.07, 6.45) is 10.6. The van der Waals surface area contributed by atoms with Crippen molar-refractivity contribution in [3.8, 4) is 0 Å². The molecule has 0 atom stereocenters. The summed E-state index contributed by atoms with van der Waals surface area (Å²) in [5.41, 5.74) is 1.81. The van der Waals surface area contributed by atoms with Crippen LogP contribution < -0.4 is 0 Å². The lowest BCUT2D eigenvalue weighted by atomic mass is 10.0. The van der Waals surface area contributed by atoms with Crippen LogP contribution in [0.5, 0.6) is 0 Å². The highest BCUT2D eigenvalue weighted by molar-refractivity contribution is 5.96. The van der Waals surface area contributed by atoms with Gasteiger partial charge in [0.05, 0.1) is 11.0 Å². The maximum atomic E-state index is 12.8. The van der Waals surface area contributed by atoms with Gasteiger partial charge in [0, 0.05) is 12.0 Å². The van der Waals surface area contributed by atoms with Crippen LogP contribution in [0.3, 0.4) is 0 Å². The number of para-hydroxylation sites is 2. The van der Waals surface area contributed by atoms with Gasteiger partial charge < -0.3 is 4.57 Å². The van der Waals surface area contributed by atoms with E-state index in [1.54, 1.807) is 0 Å². The van der Waals surface area contributed by atoms with Crippen LogP contribution in [-0.4, -0.2) is 15.3 Å². The smallest absolute Gasteiger partial charge is 0.198 e. The monoisotopic (exact) mass is 342 g/mol. The molecule has 0 N–H and O–H groups in total. The van der Waals surface area contributed by atoms with Crippen molar-refractivity contribution in [2.24, 2.45) is 0 Å². The Morgan fingerprint density at radius 1 is 0.960 bits per heavy atom. The standard InChI is InChI=1S/C22H34N2O/c1-5-6-7-8-9-10-11-12-17-20(25)21-23-18-15-13-14-16-19(18)24(21)22(2,3)4/h13-16H,5-12,17H2,1-4H3. The second kappa shape index (κ2) is 9.17. The number of rotatable bonds is 10. The zero-order chi connectivity index (χ0) is 18.3. The van der Waals surface area contributed by atoms with Gasteiger partial charge in [0.1, 0.15) is 0 Å². The van der Waals surface area contributed by atoms with E-state index in [2.05, 4.69) is 43.3 Å². The number of ketones is 1.